The topological polar surface area (TPSA) is 64.8 Å². The monoisotopic (exact) mass is 262 g/mol. The van der Waals surface area contributed by atoms with Crippen LogP contribution in [0.3, 0.4) is 0 Å². The molecule has 1 fully saturated rings. The highest BCUT2D eigenvalue weighted by molar-refractivity contribution is 6.06. The van der Waals surface area contributed by atoms with E-state index < -0.39 is 5.79 Å². The third kappa shape index (κ3) is 1.73. The lowest BCUT2D eigenvalue weighted by Gasteiger charge is -2.32. The van der Waals surface area contributed by atoms with Gasteiger partial charge in [0.25, 0.3) is 11.7 Å². The Kier molecular flexibility index (Phi) is 2.95. The molecule has 3 rings (SSSR count). The van der Waals surface area contributed by atoms with Gasteiger partial charge in [0.05, 0.1) is 18.9 Å². The number of nitrogens with two attached hydrogens (primary N) is 1. The molecule has 5 nitrogen and oxygen atoms in total. The summed E-state index contributed by atoms with van der Waals surface area (Å²) >= 11 is 0. The summed E-state index contributed by atoms with van der Waals surface area (Å²) in [5.41, 5.74) is 8.05. The van der Waals surface area contributed by atoms with E-state index in [2.05, 4.69) is 0 Å². The lowest BCUT2D eigenvalue weighted by Crippen LogP contribution is -2.47. The van der Waals surface area contributed by atoms with E-state index in [1.165, 1.54) is 0 Å². The van der Waals surface area contributed by atoms with Crippen LogP contribution < -0.4 is 10.6 Å². The van der Waals surface area contributed by atoms with Crippen molar-refractivity contribution in [1.29, 1.82) is 0 Å². The first-order valence-corrected chi connectivity index (χ1v) is 6.69. The van der Waals surface area contributed by atoms with E-state index >= 15 is 0 Å². The van der Waals surface area contributed by atoms with Gasteiger partial charge >= 0.3 is 0 Å². The summed E-state index contributed by atoms with van der Waals surface area (Å²) in [5.74, 6) is -1.40. The first kappa shape index (κ1) is 12.4. The number of nitrogens with zero attached hydrogens (tertiary/aromatic N) is 1. The average molecular weight is 262 g/mol. The SMILES string of the molecule is CCCN1C(=O)C2(OCCCO2)c2cc(N)ccc21. The van der Waals surface area contributed by atoms with Gasteiger partial charge in [0, 0.05) is 17.8 Å². The number of carbonyl (C=O) groups excluding carboxylic acids is 1. The maximum atomic E-state index is 12.7. The molecule has 0 bridgehead atoms. The lowest BCUT2D eigenvalue weighted by atomic mass is 10.1. The summed E-state index contributed by atoms with van der Waals surface area (Å²) in [7, 11) is 0. The second-order valence-corrected chi connectivity index (χ2v) is 4.90. The van der Waals surface area contributed by atoms with Crippen molar-refractivity contribution in [3.05, 3.63) is 23.8 Å². The zero-order valence-electron chi connectivity index (χ0n) is 11.0. The molecule has 2 aliphatic heterocycles. The lowest BCUT2D eigenvalue weighted by molar-refractivity contribution is -0.256. The molecule has 1 aromatic carbocycles. The zero-order chi connectivity index (χ0) is 13.5. The molecular formula is C14H18N2O3. The van der Waals surface area contributed by atoms with Crippen LogP contribution in [0.25, 0.3) is 0 Å². The number of hydrogen-bond acceptors (Lipinski definition) is 4. The Balaban J connectivity index is 2.12. The Morgan fingerprint density at radius 2 is 2.11 bits per heavy atom. The van der Waals surface area contributed by atoms with Crippen molar-refractivity contribution in [3.8, 4) is 0 Å². The van der Waals surface area contributed by atoms with Gasteiger partial charge in [-0.1, -0.05) is 6.92 Å². The van der Waals surface area contributed by atoms with Crippen LogP contribution in [-0.4, -0.2) is 25.7 Å². The molecule has 0 saturated carbocycles. The standard InChI is InChI=1S/C14H18N2O3/c1-2-6-16-12-5-4-10(15)9-11(12)14(13(16)17)18-7-3-8-19-14/h4-5,9H,2-3,6-8,15H2,1H3. The molecule has 0 aliphatic carbocycles. The maximum Gasteiger partial charge on any atom is 0.292 e. The molecule has 19 heavy (non-hydrogen) atoms. The number of carbonyl (C=O) groups is 1. The molecule has 5 heteroatoms. The van der Waals surface area contributed by atoms with E-state index in [-0.39, 0.29) is 5.91 Å². The highest BCUT2D eigenvalue weighted by Crippen LogP contribution is 2.45. The van der Waals surface area contributed by atoms with E-state index in [1.807, 2.05) is 13.0 Å². The van der Waals surface area contributed by atoms with Crippen LogP contribution in [0.4, 0.5) is 11.4 Å². The minimum atomic E-state index is -1.27. The number of benzene rings is 1. The first-order chi connectivity index (χ1) is 9.19. The number of nitrogen functional groups attached to an aromatic ring is 1. The molecule has 2 N–H and O–H groups in total. The van der Waals surface area contributed by atoms with Crippen molar-refractivity contribution >= 4 is 17.3 Å². The molecule has 1 saturated heterocycles. The van der Waals surface area contributed by atoms with Gasteiger partial charge in [-0.15, -0.1) is 0 Å². The Hall–Kier alpha value is -1.59. The smallest absolute Gasteiger partial charge is 0.292 e. The van der Waals surface area contributed by atoms with E-state index in [0.29, 0.717) is 25.4 Å². The van der Waals surface area contributed by atoms with Crippen LogP contribution in [0.1, 0.15) is 25.3 Å². The highest BCUT2D eigenvalue weighted by Gasteiger charge is 2.54. The van der Waals surface area contributed by atoms with E-state index in [1.54, 1.807) is 17.0 Å². The normalized spacial score (nSPS) is 20.9. The fourth-order valence-electron chi connectivity index (χ4n) is 2.71. The maximum absolute atomic E-state index is 12.7. The Labute approximate surface area is 112 Å². The predicted molar refractivity (Wildman–Crippen MR) is 71.7 cm³/mol. The molecule has 0 unspecified atom stereocenters. The summed E-state index contributed by atoms with van der Waals surface area (Å²) in [6.07, 6.45) is 1.69. The third-order valence-electron chi connectivity index (χ3n) is 3.54. The first-order valence-electron chi connectivity index (χ1n) is 6.69. The number of rotatable bonds is 2. The fraction of sp³-hybridized carbons (Fsp3) is 0.500. The molecule has 1 amide bonds. The van der Waals surface area contributed by atoms with Gasteiger partial charge in [-0.3, -0.25) is 4.79 Å². The van der Waals surface area contributed by atoms with Crippen molar-refractivity contribution in [2.45, 2.75) is 25.6 Å². The molecule has 2 aliphatic rings. The van der Waals surface area contributed by atoms with Crippen LogP contribution in [0.2, 0.25) is 0 Å². The van der Waals surface area contributed by atoms with Crippen LogP contribution in [0.15, 0.2) is 18.2 Å². The zero-order valence-corrected chi connectivity index (χ0v) is 11.0. The second-order valence-electron chi connectivity index (χ2n) is 4.90. The van der Waals surface area contributed by atoms with Gasteiger partial charge in [0.15, 0.2) is 0 Å². The largest absolute Gasteiger partial charge is 0.399 e. The van der Waals surface area contributed by atoms with Crippen LogP contribution >= 0.6 is 0 Å². The predicted octanol–water partition coefficient (Wildman–Crippen LogP) is 1.62. The minimum absolute atomic E-state index is 0.130. The number of ether oxygens (including phenoxy) is 2. The fourth-order valence-corrected chi connectivity index (χ4v) is 2.71. The third-order valence-corrected chi connectivity index (χ3v) is 3.54. The minimum Gasteiger partial charge on any atom is -0.399 e. The van der Waals surface area contributed by atoms with Crippen molar-refractivity contribution in [1.82, 2.24) is 0 Å². The average Bonchev–Trinajstić information content (AvgIpc) is 2.64. The Morgan fingerprint density at radius 3 is 2.79 bits per heavy atom. The van der Waals surface area contributed by atoms with E-state index in [0.717, 1.165) is 24.1 Å². The molecule has 102 valence electrons. The molecule has 1 spiro atoms. The summed E-state index contributed by atoms with van der Waals surface area (Å²) in [4.78, 5) is 14.4. The highest BCUT2D eigenvalue weighted by atomic mass is 16.7. The summed E-state index contributed by atoms with van der Waals surface area (Å²) in [6.45, 7) is 3.75. The molecule has 0 atom stereocenters. The molecule has 0 aromatic heterocycles. The van der Waals surface area contributed by atoms with Crippen molar-refractivity contribution < 1.29 is 14.3 Å². The van der Waals surface area contributed by atoms with E-state index in [4.69, 9.17) is 15.2 Å². The van der Waals surface area contributed by atoms with Gasteiger partial charge < -0.3 is 20.1 Å². The van der Waals surface area contributed by atoms with Crippen LogP contribution in [0, 0.1) is 0 Å². The number of amides is 1. The summed E-state index contributed by atoms with van der Waals surface area (Å²) in [6, 6.07) is 5.46. The van der Waals surface area contributed by atoms with Crippen molar-refractivity contribution in [2.24, 2.45) is 0 Å². The second kappa shape index (κ2) is 4.51. The molecule has 0 radical (unpaired) electrons. The van der Waals surface area contributed by atoms with Crippen molar-refractivity contribution in [2.75, 3.05) is 30.4 Å². The van der Waals surface area contributed by atoms with Crippen molar-refractivity contribution in [3.63, 3.8) is 0 Å². The Bertz CT molecular complexity index is 509. The van der Waals surface area contributed by atoms with Gasteiger partial charge in [0.1, 0.15) is 0 Å². The Morgan fingerprint density at radius 1 is 1.37 bits per heavy atom. The quantitative estimate of drug-likeness (QED) is 0.822. The van der Waals surface area contributed by atoms with Crippen LogP contribution in [-0.2, 0) is 20.1 Å². The summed E-state index contributed by atoms with van der Waals surface area (Å²) in [5, 5.41) is 0. The molecule has 1 aromatic rings. The number of fused-ring (bicyclic) bond motifs is 2. The summed E-state index contributed by atoms with van der Waals surface area (Å²) < 4.78 is 11.5. The molecule has 2 heterocycles. The number of anilines is 2. The number of hydrogen-bond donors (Lipinski definition) is 1. The van der Waals surface area contributed by atoms with Gasteiger partial charge in [-0.2, -0.15) is 0 Å². The van der Waals surface area contributed by atoms with E-state index in [9.17, 15) is 4.79 Å². The molecular weight excluding hydrogens is 244 g/mol. The van der Waals surface area contributed by atoms with Crippen LogP contribution in [0.5, 0.6) is 0 Å². The van der Waals surface area contributed by atoms with Gasteiger partial charge in [-0.25, -0.2) is 0 Å². The van der Waals surface area contributed by atoms with Gasteiger partial charge in [0.2, 0.25) is 0 Å². The van der Waals surface area contributed by atoms with Gasteiger partial charge in [-0.05, 0) is 31.0 Å².